The van der Waals surface area contributed by atoms with Gasteiger partial charge in [0, 0.05) is 13.1 Å². The molecule has 0 N–H and O–H groups in total. The van der Waals surface area contributed by atoms with Crippen molar-refractivity contribution in [2.24, 2.45) is 0 Å². The molecule has 0 radical (unpaired) electrons. The van der Waals surface area contributed by atoms with Crippen LogP contribution in [0.15, 0.2) is 83.8 Å². The van der Waals surface area contributed by atoms with Crippen molar-refractivity contribution in [1.29, 1.82) is 0 Å². The predicted octanol–water partition coefficient (Wildman–Crippen LogP) is 3.87. The van der Waals surface area contributed by atoms with Crippen LogP contribution in [0.1, 0.15) is 18.1 Å². The van der Waals surface area contributed by atoms with Crippen LogP contribution in [-0.2, 0) is 27.8 Å². The summed E-state index contributed by atoms with van der Waals surface area (Å²) in [6.07, 6.45) is 0.760. The average molecular weight is 451 g/mol. The lowest BCUT2D eigenvalue weighted by Crippen LogP contribution is -2.44. The van der Waals surface area contributed by atoms with Crippen molar-refractivity contribution in [1.82, 2.24) is 4.90 Å². The van der Waals surface area contributed by atoms with E-state index >= 15 is 0 Å². The molecule has 0 aliphatic carbocycles. The van der Waals surface area contributed by atoms with E-state index in [2.05, 4.69) is 6.07 Å². The topological polar surface area (TPSA) is 66.9 Å². The van der Waals surface area contributed by atoms with Crippen molar-refractivity contribution >= 4 is 21.6 Å². The Morgan fingerprint density at radius 2 is 1.59 bits per heavy atom. The van der Waals surface area contributed by atoms with Crippen molar-refractivity contribution < 1.29 is 17.9 Å². The molecule has 0 aromatic heterocycles. The molecule has 1 aliphatic heterocycles. The molecule has 0 saturated heterocycles. The zero-order chi connectivity index (χ0) is 22.6. The maximum absolute atomic E-state index is 13.5. The summed E-state index contributed by atoms with van der Waals surface area (Å²) in [6, 6.07) is 23.0. The second-order valence-corrected chi connectivity index (χ2v) is 9.45. The normalized spacial score (nSPS) is 13.3. The van der Waals surface area contributed by atoms with Gasteiger partial charge in [-0.05, 0) is 60.9 Å². The maximum atomic E-state index is 13.5. The lowest BCUT2D eigenvalue weighted by molar-refractivity contribution is -0.130. The fraction of sp³-hybridized carbons (Fsp3) is 0.240. The van der Waals surface area contributed by atoms with Crippen LogP contribution in [-0.4, -0.2) is 38.9 Å². The van der Waals surface area contributed by atoms with E-state index in [4.69, 9.17) is 4.74 Å². The third kappa shape index (κ3) is 4.62. The van der Waals surface area contributed by atoms with Gasteiger partial charge in [-0.2, -0.15) is 0 Å². The highest BCUT2D eigenvalue weighted by Gasteiger charge is 2.30. The summed E-state index contributed by atoms with van der Waals surface area (Å²) >= 11 is 0. The Morgan fingerprint density at radius 1 is 0.938 bits per heavy atom. The van der Waals surface area contributed by atoms with Crippen LogP contribution in [0, 0.1) is 0 Å². The van der Waals surface area contributed by atoms with Gasteiger partial charge in [0.05, 0.1) is 17.2 Å². The Balaban J connectivity index is 1.63. The minimum absolute atomic E-state index is 0.144. The number of nitrogens with zero attached hydrogens (tertiary/aromatic N) is 2. The van der Waals surface area contributed by atoms with Crippen LogP contribution in [0.3, 0.4) is 0 Å². The van der Waals surface area contributed by atoms with Crippen molar-refractivity contribution in [2.75, 3.05) is 24.0 Å². The number of carbonyl (C=O) groups is 1. The number of benzene rings is 3. The molecule has 7 heteroatoms. The summed E-state index contributed by atoms with van der Waals surface area (Å²) in [7, 11) is -3.93. The lowest BCUT2D eigenvalue weighted by Gasteiger charge is -2.31. The predicted molar refractivity (Wildman–Crippen MR) is 124 cm³/mol. The van der Waals surface area contributed by atoms with E-state index in [1.807, 2.05) is 25.1 Å². The molecule has 3 aromatic rings. The van der Waals surface area contributed by atoms with Crippen molar-refractivity contribution in [2.45, 2.75) is 24.8 Å². The number of amides is 1. The van der Waals surface area contributed by atoms with Gasteiger partial charge in [-0.3, -0.25) is 9.10 Å². The minimum atomic E-state index is -3.93. The van der Waals surface area contributed by atoms with Gasteiger partial charge in [0.15, 0.2) is 0 Å². The van der Waals surface area contributed by atoms with Gasteiger partial charge in [0.25, 0.3) is 10.0 Å². The molecule has 6 nitrogen and oxygen atoms in total. The first-order valence-corrected chi connectivity index (χ1v) is 12.1. The Hall–Kier alpha value is -3.32. The number of hydrogen-bond acceptors (Lipinski definition) is 4. The van der Waals surface area contributed by atoms with Crippen molar-refractivity contribution in [3.05, 3.63) is 90.0 Å². The molecule has 32 heavy (non-hydrogen) atoms. The van der Waals surface area contributed by atoms with E-state index in [1.54, 1.807) is 59.5 Å². The number of carbonyl (C=O) groups excluding carboxylic acids is 1. The zero-order valence-corrected chi connectivity index (χ0v) is 18.8. The Morgan fingerprint density at radius 3 is 2.28 bits per heavy atom. The Labute approximate surface area is 189 Å². The molecule has 1 heterocycles. The molecule has 4 rings (SSSR count). The third-order valence-electron chi connectivity index (χ3n) is 5.53. The zero-order valence-electron chi connectivity index (χ0n) is 18.0. The van der Waals surface area contributed by atoms with Gasteiger partial charge >= 0.3 is 0 Å². The number of sulfonamides is 1. The molecule has 3 aromatic carbocycles. The monoisotopic (exact) mass is 450 g/mol. The number of rotatable bonds is 7. The van der Waals surface area contributed by atoms with Gasteiger partial charge in [0.2, 0.25) is 5.91 Å². The first-order valence-electron chi connectivity index (χ1n) is 10.6. The summed E-state index contributed by atoms with van der Waals surface area (Å²) in [4.78, 5) is 15.1. The van der Waals surface area contributed by atoms with Crippen LogP contribution >= 0.6 is 0 Å². The fourth-order valence-electron chi connectivity index (χ4n) is 3.84. The van der Waals surface area contributed by atoms with Crippen LogP contribution in [0.4, 0.5) is 5.69 Å². The van der Waals surface area contributed by atoms with Crippen LogP contribution in [0.2, 0.25) is 0 Å². The fourth-order valence-corrected chi connectivity index (χ4v) is 5.28. The van der Waals surface area contributed by atoms with Crippen LogP contribution in [0.5, 0.6) is 5.75 Å². The summed E-state index contributed by atoms with van der Waals surface area (Å²) in [6.45, 7) is 3.18. The van der Waals surface area contributed by atoms with Crippen LogP contribution in [0.25, 0.3) is 0 Å². The molecule has 0 unspecified atom stereocenters. The third-order valence-corrected chi connectivity index (χ3v) is 7.32. The van der Waals surface area contributed by atoms with Crippen LogP contribution < -0.4 is 9.04 Å². The first-order chi connectivity index (χ1) is 15.5. The number of anilines is 1. The molecule has 0 atom stereocenters. The van der Waals surface area contributed by atoms with Gasteiger partial charge in [-0.1, -0.05) is 42.5 Å². The van der Waals surface area contributed by atoms with Gasteiger partial charge in [0.1, 0.15) is 12.3 Å². The highest BCUT2D eigenvalue weighted by atomic mass is 32.2. The van der Waals surface area contributed by atoms with E-state index in [1.165, 1.54) is 9.87 Å². The Kier molecular flexibility index (Phi) is 6.46. The Bertz CT molecular complexity index is 1180. The van der Waals surface area contributed by atoms with Gasteiger partial charge in [-0.25, -0.2) is 8.42 Å². The second kappa shape index (κ2) is 9.44. The second-order valence-electron chi connectivity index (χ2n) is 7.59. The van der Waals surface area contributed by atoms with E-state index < -0.39 is 10.0 Å². The van der Waals surface area contributed by atoms with Crippen molar-refractivity contribution in [3.8, 4) is 5.75 Å². The SMILES string of the molecule is CCOc1ccc(N(CC(=O)N2CCc3ccccc3C2)S(=O)(=O)c2ccccc2)cc1. The highest BCUT2D eigenvalue weighted by molar-refractivity contribution is 7.92. The van der Waals surface area contributed by atoms with Crippen molar-refractivity contribution in [3.63, 3.8) is 0 Å². The largest absolute Gasteiger partial charge is 0.494 e. The van der Waals surface area contributed by atoms with E-state index in [-0.39, 0.29) is 17.3 Å². The van der Waals surface area contributed by atoms with E-state index in [0.717, 1.165) is 12.0 Å². The summed E-state index contributed by atoms with van der Waals surface area (Å²) < 4.78 is 33.6. The smallest absolute Gasteiger partial charge is 0.264 e. The van der Waals surface area contributed by atoms with Gasteiger partial charge in [-0.15, -0.1) is 0 Å². The molecule has 0 saturated carbocycles. The number of hydrogen-bond donors (Lipinski definition) is 0. The maximum Gasteiger partial charge on any atom is 0.264 e. The van der Waals surface area contributed by atoms with E-state index in [9.17, 15) is 13.2 Å². The molecule has 0 fully saturated rings. The quantitative estimate of drug-likeness (QED) is 0.548. The highest BCUT2D eigenvalue weighted by Crippen LogP contribution is 2.27. The molecule has 1 amide bonds. The lowest BCUT2D eigenvalue weighted by atomic mass is 10.00. The number of fused-ring (bicyclic) bond motifs is 1. The molecule has 0 spiro atoms. The molecular formula is C25H26N2O4S. The standard InChI is InChI=1S/C25H26N2O4S/c1-2-31-23-14-12-22(13-15-23)27(32(29,30)24-10-4-3-5-11-24)19-25(28)26-17-16-20-8-6-7-9-21(20)18-26/h3-15H,2,16-19H2,1H3. The van der Waals surface area contributed by atoms with Gasteiger partial charge < -0.3 is 9.64 Å². The number of ether oxygens (including phenoxy) is 1. The average Bonchev–Trinajstić information content (AvgIpc) is 2.83. The summed E-state index contributed by atoms with van der Waals surface area (Å²) in [5.74, 6) is 0.417. The molecule has 1 aliphatic rings. The summed E-state index contributed by atoms with van der Waals surface area (Å²) in [5, 5.41) is 0. The summed E-state index contributed by atoms with van der Waals surface area (Å²) in [5.41, 5.74) is 2.76. The minimum Gasteiger partial charge on any atom is -0.494 e. The first kappa shape index (κ1) is 21.9. The van der Waals surface area contributed by atoms with E-state index in [0.29, 0.717) is 31.1 Å². The molecular weight excluding hydrogens is 424 g/mol. The molecule has 166 valence electrons. The molecule has 0 bridgehead atoms.